The van der Waals surface area contributed by atoms with Gasteiger partial charge in [-0.2, -0.15) is 0 Å². The minimum atomic E-state index is 0.734. The Kier molecular flexibility index (Phi) is 6.62. The molecule has 2 rings (SSSR count). The SMILES string of the molecule is C=CCc1cc(-c2cc(CC=C)c(N)c(CC=C)c2)cc(CC=C)c1N. The van der Waals surface area contributed by atoms with E-state index in [0.29, 0.717) is 0 Å². The average Bonchev–Trinajstić information content (AvgIpc) is 2.62. The van der Waals surface area contributed by atoms with Gasteiger partial charge in [-0.05, 0) is 83.3 Å². The molecule has 2 aromatic carbocycles. The fraction of sp³-hybridized carbons (Fsp3) is 0.167. The van der Waals surface area contributed by atoms with Crippen molar-refractivity contribution in [2.24, 2.45) is 0 Å². The molecule has 0 atom stereocenters. The summed E-state index contributed by atoms with van der Waals surface area (Å²) in [6.07, 6.45) is 10.4. The molecule has 0 unspecified atom stereocenters. The van der Waals surface area contributed by atoms with Crippen LogP contribution in [0.5, 0.6) is 0 Å². The Morgan fingerprint density at radius 3 is 0.962 bits per heavy atom. The number of anilines is 2. The van der Waals surface area contributed by atoms with Crippen molar-refractivity contribution in [3.63, 3.8) is 0 Å². The monoisotopic (exact) mass is 344 g/mol. The summed E-state index contributed by atoms with van der Waals surface area (Å²) in [5.41, 5.74) is 20.9. The summed E-state index contributed by atoms with van der Waals surface area (Å²) < 4.78 is 0. The van der Waals surface area contributed by atoms with Crippen molar-refractivity contribution in [3.8, 4) is 11.1 Å². The van der Waals surface area contributed by atoms with Crippen LogP contribution in [0.2, 0.25) is 0 Å². The van der Waals surface area contributed by atoms with Crippen LogP contribution in [-0.4, -0.2) is 0 Å². The molecule has 2 nitrogen and oxygen atoms in total. The number of nitrogen functional groups attached to an aromatic ring is 2. The fourth-order valence-corrected chi connectivity index (χ4v) is 3.19. The second-order valence-electron chi connectivity index (χ2n) is 6.39. The van der Waals surface area contributed by atoms with E-state index in [1.54, 1.807) is 0 Å². The molecule has 0 bridgehead atoms. The minimum Gasteiger partial charge on any atom is -0.398 e. The first kappa shape index (κ1) is 19.3. The van der Waals surface area contributed by atoms with E-state index in [1.165, 1.54) is 0 Å². The van der Waals surface area contributed by atoms with Crippen LogP contribution in [0, 0.1) is 0 Å². The van der Waals surface area contributed by atoms with Crippen molar-refractivity contribution >= 4 is 11.4 Å². The van der Waals surface area contributed by atoms with Crippen LogP contribution in [0.4, 0.5) is 11.4 Å². The Bertz CT molecular complexity index is 710. The summed E-state index contributed by atoms with van der Waals surface area (Å²) in [5.74, 6) is 0. The van der Waals surface area contributed by atoms with Gasteiger partial charge in [0, 0.05) is 11.4 Å². The van der Waals surface area contributed by atoms with Gasteiger partial charge in [0.1, 0.15) is 0 Å². The van der Waals surface area contributed by atoms with Crippen LogP contribution in [0.15, 0.2) is 74.9 Å². The maximum absolute atomic E-state index is 6.34. The Morgan fingerprint density at radius 2 is 0.769 bits per heavy atom. The molecule has 0 heterocycles. The first-order valence-corrected chi connectivity index (χ1v) is 8.82. The second kappa shape index (κ2) is 8.91. The van der Waals surface area contributed by atoms with Crippen molar-refractivity contribution in [1.82, 2.24) is 0 Å². The molecule has 0 aliphatic rings. The van der Waals surface area contributed by atoms with Crippen LogP contribution < -0.4 is 11.5 Å². The molecular weight excluding hydrogens is 316 g/mol. The van der Waals surface area contributed by atoms with Crippen molar-refractivity contribution < 1.29 is 0 Å². The van der Waals surface area contributed by atoms with Crippen LogP contribution in [0.25, 0.3) is 11.1 Å². The van der Waals surface area contributed by atoms with E-state index in [0.717, 1.165) is 70.4 Å². The highest BCUT2D eigenvalue weighted by Crippen LogP contribution is 2.32. The van der Waals surface area contributed by atoms with Gasteiger partial charge in [0.2, 0.25) is 0 Å². The van der Waals surface area contributed by atoms with Gasteiger partial charge in [-0.3, -0.25) is 0 Å². The highest BCUT2D eigenvalue weighted by atomic mass is 14.6. The van der Waals surface area contributed by atoms with Crippen LogP contribution in [0.1, 0.15) is 22.3 Å². The lowest BCUT2D eigenvalue weighted by atomic mass is 9.91. The molecule has 0 fully saturated rings. The first-order chi connectivity index (χ1) is 12.5. The predicted molar refractivity (Wildman–Crippen MR) is 116 cm³/mol. The molecule has 4 N–H and O–H groups in total. The lowest BCUT2D eigenvalue weighted by molar-refractivity contribution is 1.20. The van der Waals surface area contributed by atoms with Gasteiger partial charge >= 0.3 is 0 Å². The smallest absolute Gasteiger partial charge is 0.0385 e. The van der Waals surface area contributed by atoms with Crippen LogP contribution >= 0.6 is 0 Å². The molecule has 0 aliphatic heterocycles. The van der Waals surface area contributed by atoms with Gasteiger partial charge in [0.25, 0.3) is 0 Å². The Balaban J connectivity index is 2.68. The summed E-state index contributed by atoms with van der Waals surface area (Å²) in [7, 11) is 0. The highest BCUT2D eigenvalue weighted by molar-refractivity contribution is 5.75. The zero-order valence-corrected chi connectivity index (χ0v) is 15.4. The molecule has 0 amide bonds. The summed E-state index contributed by atoms with van der Waals surface area (Å²) in [5, 5.41) is 0. The Hall–Kier alpha value is -3.00. The molecule has 2 aromatic rings. The molecule has 2 heteroatoms. The Labute approximate surface area is 157 Å². The zero-order valence-electron chi connectivity index (χ0n) is 15.4. The summed E-state index contributed by atoms with van der Waals surface area (Å²) >= 11 is 0. The van der Waals surface area contributed by atoms with E-state index in [4.69, 9.17) is 11.5 Å². The molecule has 0 saturated carbocycles. The lowest BCUT2D eigenvalue weighted by Gasteiger charge is -2.16. The average molecular weight is 345 g/mol. The molecule has 0 radical (unpaired) electrons. The van der Waals surface area contributed by atoms with Gasteiger partial charge in [0.15, 0.2) is 0 Å². The molecular formula is C24H28N2. The number of allylic oxidation sites excluding steroid dienone is 4. The first-order valence-electron chi connectivity index (χ1n) is 8.82. The summed E-state index contributed by atoms with van der Waals surface area (Å²) in [4.78, 5) is 0. The molecule has 0 spiro atoms. The normalized spacial score (nSPS) is 10.3. The van der Waals surface area contributed by atoms with Gasteiger partial charge < -0.3 is 11.5 Å². The highest BCUT2D eigenvalue weighted by Gasteiger charge is 2.12. The van der Waals surface area contributed by atoms with Gasteiger partial charge in [0.05, 0.1) is 0 Å². The number of hydrogen-bond acceptors (Lipinski definition) is 2. The third-order valence-electron chi connectivity index (χ3n) is 4.49. The van der Waals surface area contributed by atoms with Crippen LogP contribution in [-0.2, 0) is 25.7 Å². The van der Waals surface area contributed by atoms with E-state index < -0.39 is 0 Å². The molecule has 0 aliphatic carbocycles. The molecule has 0 aromatic heterocycles. The van der Waals surface area contributed by atoms with Crippen molar-refractivity contribution in [2.45, 2.75) is 25.7 Å². The maximum atomic E-state index is 6.34. The van der Waals surface area contributed by atoms with E-state index in [9.17, 15) is 0 Å². The largest absolute Gasteiger partial charge is 0.398 e. The third kappa shape index (κ3) is 4.15. The van der Waals surface area contributed by atoms with E-state index in [-0.39, 0.29) is 0 Å². The number of hydrogen-bond donors (Lipinski definition) is 2. The Morgan fingerprint density at radius 1 is 0.538 bits per heavy atom. The third-order valence-corrected chi connectivity index (χ3v) is 4.49. The number of benzene rings is 2. The van der Waals surface area contributed by atoms with Crippen molar-refractivity contribution in [2.75, 3.05) is 11.5 Å². The standard InChI is InChI=1S/C24H28N2/c1-5-9-17-13-21(14-18(10-6-2)23(17)25)22-15-19(11-7-3)24(26)20(16-22)12-8-4/h5-8,13-16H,1-4,9-12,25-26H2. The molecule has 26 heavy (non-hydrogen) atoms. The fourth-order valence-electron chi connectivity index (χ4n) is 3.19. The van der Waals surface area contributed by atoms with Crippen molar-refractivity contribution in [1.29, 1.82) is 0 Å². The van der Waals surface area contributed by atoms with Crippen LogP contribution in [0.3, 0.4) is 0 Å². The minimum absolute atomic E-state index is 0.734. The van der Waals surface area contributed by atoms with Gasteiger partial charge in [-0.15, -0.1) is 26.3 Å². The predicted octanol–water partition coefficient (Wildman–Crippen LogP) is 5.43. The van der Waals surface area contributed by atoms with E-state index >= 15 is 0 Å². The molecule has 134 valence electrons. The quantitative estimate of drug-likeness (QED) is 0.470. The summed E-state index contributed by atoms with van der Waals surface area (Å²) in [6.45, 7) is 15.4. The second-order valence-corrected chi connectivity index (χ2v) is 6.39. The van der Waals surface area contributed by atoms with E-state index in [1.807, 2.05) is 24.3 Å². The number of nitrogens with two attached hydrogens (primary N) is 2. The van der Waals surface area contributed by atoms with Gasteiger partial charge in [-0.25, -0.2) is 0 Å². The van der Waals surface area contributed by atoms with Crippen molar-refractivity contribution in [3.05, 3.63) is 97.1 Å². The summed E-state index contributed by atoms with van der Waals surface area (Å²) in [6, 6.07) is 8.57. The number of rotatable bonds is 9. The maximum Gasteiger partial charge on any atom is 0.0385 e. The lowest BCUT2D eigenvalue weighted by Crippen LogP contribution is -2.02. The topological polar surface area (TPSA) is 52.0 Å². The zero-order chi connectivity index (χ0) is 19.1. The van der Waals surface area contributed by atoms with E-state index in [2.05, 4.69) is 50.6 Å². The molecule has 0 saturated heterocycles. The van der Waals surface area contributed by atoms with Gasteiger partial charge in [-0.1, -0.05) is 24.3 Å².